The lowest BCUT2D eigenvalue weighted by Crippen LogP contribution is -1.93. The molecule has 0 fully saturated rings. The van der Waals surface area contributed by atoms with Crippen molar-refractivity contribution in [3.05, 3.63) is 35.9 Å². The third kappa shape index (κ3) is 7.18. The lowest BCUT2D eigenvalue weighted by molar-refractivity contribution is -0.107. The summed E-state index contributed by atoms with van der Waals surface area (Å²) in [5.41, 5.74) is 1.23. The van der Waals surface area contributed by atoms with Crippen molar-refractivity contribution in [2.75, 3.05) is 7.11 Å². The summed E-state index contributed by atoms with van der Waals surface area (Å²) in [6.45, 7) is 4.11. The molecule has 0 saturated heterocycles. The predicted octanol–water partition coefficient (Wildman–Crippen LogP) is 3.77. The second kappa shape index (κ2) is 10.4. The van der Waals surface area contributed by atoms with Crippen LogP contribution < -0.4 is 0 Å². The zero-order chi connectivity index (χ0) is 12.2. The molecule has 0 amide bonds. The third-order valence-electron chi connectivity index (χ3n) is 2.30. The first-order chi connectivity index (χ1) is 7.76. The normalized spacial score (nSPS) is 11.2. The van der Waals surface area contributed by atoms with Crippen LogP contribution in [0, 0.1) is 0 Å². The van der Waals surface area contributed by atoms with Gasteiger partial charge in [0.1, 0.15) is 6.29 Å². The number of hydrogen-bond donors (Lipinski definition) is 0. The van der Waals surface area contributed by atoms with Crippen molar-refractivity contribution in [3.8, 4) is 0 Å². The number of aldehydes is 1. The van der Waals surface area contributed by atoms with Crippen LogP contribution in [-0.4, -0.2) is 13.4 Å². The van der Waals surface area contributed by atoms with Gasteiger partial charge < -0.3 is 9.53 Å². The quantitative estimate of drug-likeness (QED) is 0.560. The van der Waals surface area contributed by atoms with Crippen LogP contribution in [0.2, 0.25) is 0 Å². The summed E-state index contributed by atoms with van der Waals surface area (Å²) in [5.74, 6) is 0. The molecule has 0 N–H and O–H groups in total. The molecule has 2 nitrogen and oxygen atoms in total. The molecule has 0 aliphatic rings. The maximum absolute atomic E-state index is 9.56. The summed E-state index contributed by atoms with van der Waals surface area (Å²) in [5, 5.41) is 0. The Hall–Kier alpha value is -1.15. The molecule has 0 bridgehead atoms. The van der Waals surface area contributed by atoms with E-state index in [9.17, 15) is 4.79 Å². The molecule has 1 rings (SSSR count). The number of carbonyl (C=O) groups is 1. The van der Waals surface area contributed by atoms with E-state index in [0.29, 0.717) is 0 Å². The summed E-state index contributed by atoms with van der Waals surface area (Å²) in [6, 6.07) is 10.2. The Morgan fingerprint density at radius 2 is 1.94 bits per heavy atom. The van der Waals surface area contributed by atoms with E-state index in [2.05, 4.69) is 19.1 Å². The second-order valence-electron chi connectivity index (χ2n) is 3.60. The number of carbonyl (C=O) groups excluding carboxylic acids is 1. The van der Waals surface area contributed by atoms with Gasteiger partial charge in [0.15, 0.2) is 0 Å². The highest BCUT2D eigenvalue weighted by Gasteiger charge is 1.99. The fraction of sp³-hybridized carbons (Fsp3) is 0.500. The molecule has 0 heterocycles. The maximum atomic E-state index is 9.56. The minimum absolute atomic E-state index is 0.209. The van der Waals surface area contributed by atoms with Gasteiger partial charge in [0.2, 0.25) is 0 Å². The third-order valence-corrected chi connectivity index (χ3v) is 2.30. The van der Waals surface area contributed by atoms with Gasteiger partial charge in [-0.25, -0.2) is 0 Å². The van der Waals surface area contributed by atoms with Gasteiger partial charge in [-0.05, 0) is 18.9 Å². The molecule has 0 spiro atoms. The van der Waals surface area contributed by atoms with Crippen molar-refractivity contribution in [2.24, 2.45) is 0 Å². The molecule has 0 aliphatic heterocycles. The van der Waals surface area contributed by atoms with Crippen molar-refractivity contribution in [2.45, 2.75) is 39.2 Å². The van der Waals surface area contributed by atoms with E-state index < -0.39 is 0 Å². The van der Waals surface area contributed by atoms with Crippen molar-refractivity contribution in [3.63, 3.8) is 0 Å². The summed E-state index contributed by atoms with van der Waals surface area (Å²) < 4.78 is 5.14. The number of hydrogen-bond acceptors (Lipinski definition) is 2. The molecule has 1 atom stereocenters. The molecule has 0 saturated carbocycles. The summed E-state index contributed by atoms with van der Waals surface area (Å²) in [6.07, 6.45) is 4.07. The average Bonchev–Trinajstić information content (AvgIpc) is 2.37. The Kier molecular flexibility index (Phi) is 9.63. The van der Waals surface area contributed by atoms with Crippen LogP contribution in [-0.2, 0) is 9.53 Å². The number of ether oxygens (including phenoxy) is 1. The minimum Gasteiger partial charge on any atom is -0.377 e. The van der Waals surface area contributed by atoms with Crippen LogP contribution in [0.25, 0.3) is 0 Å². The molecule has 90 valence electrons. The van der Waals surface area contributed by atoms with E-state index in [1.54, 1.807) is 7.11 Å². The summed E-state index contributed by atoms with van der Waals surface area (Å²) in [7, 11) is 1.72. The van der Waals surface area contributed by atoms with Crippen LogP contribution in [0.15, 0.2) is 30.3 Å². The SMILES string of the molecule is CCCCC=O.COC(C)c1ccccc1. The molecule has 1 aromatic rings. The van der Waals surface area contributed by atoms with Gasteiger partial charge in [-0.1, -0.05) is 43.7 Å². The van der Waals surface area contributed by atoms with E-state index in [0.717, 1.165) is 25.5 Å². The van der Waals surface area contributed by atoms with Crippen LogP contribution in [0.1, 0.15) is 44.8 Å². The minimum atomic E-state index is 0.209. The molecular formula is C14H22O2. The average molecular weight is 222 g/mol. The molecule has 0 aromatic heterocycles. The first-order valence-corrected chi connectivity index (χ1v) is 5.77. The molecule has 16 heavy (non-hydrogen) atoms. The van der Waals surface area contributed by atoms with E-state index >= 15 is 0 Å². The van der Waals surface area contributed by atoms with Gasteiger partial charge in [0.25, 0.3) is 0 Å². The van der Waals surface area contributed by atoms with Gasteiger partial charge in [0.05, 0.1) is 6.10 Å². The lowest BCUT2D eigenvalue weighted by atomic mass is 10.1. The topological polar surface area (TPSA) is 26.3 Å². The van der Waals surface area contributed by atoms with Gasteiger partial charge in [-0.2, -0.15) is 0 Å². The van der Waals surface area contributed by atoms with Gasteiger partial charge in [-0.3, -0.25) is 0 Å². The highest BCUT2D eigenvalue weighted by Crippen LogP contribution is 2.13. The standard InChI is InChI=1S/C9H12O.C5H10O/c1-8(10-2)9-6-4-3-5-7-9;1-2-3-4-5-6/h3-8H,1-2H3;5H,2-4H2,1H3. The van der Waals surface area contributed by atoms with E-state index in [-0.39, 0.29) is 6.10 Å². The summed E-state index contributed by atoms with van der Waals surface area (Å²) >= 11 is 0. The van der Waals surface area contributed by atoms with Crippen LogP contribution >= 0.6 is 0 Å². The Morgan fingerprint density at radius 1 is 1.31 bits per heavy atom. The Bertz CT molecular complexity index is 257. The fourth-order valence-corrected chi connectivity index (χ4v) is 1.15. The van der Waals surface area contributed by atoms with E-state index in [4.69, 9.17) is 4.74 Å². The monoisotopic (exact) mass is 222 g/mol. The number of unbranched alkanes of at least 4 members (excludes halogenated alkanes) is 2. The van der Waals surface area contributed by atoms with E-state index in [1.165, 1.54) is 5.56 Å². The zero-order valence-corrected chi connectivity index (χ0v) is 10.5. The molecular weight excluding hydrogens is 200 g/mol. The Balaban J connectivity index is 0.000000325. The molecule has 1 unspecified atom stereocenters. The predicted molar refractivity (Wildman–Crippen MR) is 67.5 cm³/mol. The van der Waals surface area contributed by atoms with Gasteiger partial charge in [-0.15, -0.1) is 0 Å². The van der Waals surface area contributed by atoms with Crippen molar-refractivity contribution >= 4 is 6.29 Å². The molecule has 0 radical (unpaired) electrons. The fourth-order valence-electron chi connectivity index (χ4n) is 1.15. The maximum Gasteiger partial charge on any atom is 0.119 e. The second-order valence-corrected chi connectivity index (χ2v) is 3.60. The van der Waals surface area contributed by atoms with Crippen molar-refractivity contribution in [1.82, 2.24) is 0 Å². The number of methoxy groups -OCH3 is 1. The highest BCUT2D eigenvalue weighted by atomic mass is 16.5. The van der Waals surface area contributed by atoms with Crippen LogP contribution in [0.4, 0.5) is 0 Å². The van der Waals surface area contributed by atoms with Gasteiger partial charge >= 0.3 is 0 Å². The van der Waals surface area contributed by atoms with E-state index in [1.807, 2.05) is 25.1 Å². The largest absolute Gasteiger partial charge is 0.377 e. The lowest BCUT2D eigenvalue weighted by Gasteiger charge is -2.07. The number of benzene rings is 1. The molecule has 2 heteroatoms. The molecule has 0 aliphatic carbocycles. The van der Waals surface area contributed by atoms with Gasteiger partial charge in [0, 0.05) is 13.5 Å². The van der Waals surface area contributed by atoms with Crippen molar-refractivity contribution < 1.29 is 9.53 Å². The summed E-state index contributed by atoms with van der Waals surface area (Å²) in [4.78, 5) is 9.56. The zero-order valence-electron chi connectivity index (χ0n) is 10.5. The number of rotatable bonds is 5. The van der Waals surface area contributed by atoms with Crippen LogP contribution in [0.3, 0.4) is 0 Å². The van der Waals surface area contributed by atoms with Crippen molar-refractivity contribution in [1.29, 1.82) is 0 Å². The Labute approximate surface area is 98.6 Å². The smallest absolute Gasteiger partial charge is 0.119 e. The molecule has 1 aromatic carbocycles. The first-order valence-electron chi connectivity index (χ1n) is 5.77. The first kappa shape index (κ1) is 14.8. The van der Waals surface area contributed by atoms with Crippen LogP contribution in [0.5, 0.6) is 0 Å². The Morgan fingerprint density at radius 3 is 2.31 bits per heavy atom. The highest BCUT2D eigenvalue weighted by molar-refractivity contribution is 5.48.